The number of hydrogen-bond donors (Lipinski definition) is 0. The van der Waals surface area contributed by atoms with Gasteiger partial charge in [-0.2, -0.15) is 0 Å². The Morgan fingerprint density at radius 1 is 1.11 bits per heavy atom. The highest BCUT2D eigenvalue weighted by Gasteiger charge is 2.29. The van der Waals surface area contributed by atoms with Gasteiger partial charge in [0.15, 0.2) is 0 Å². The molecule has 0 aliphatic carbocycles. The van der Waals surface area contributed by atoms with Gasteiger partial charge in [0.25, 0.3) is 0 Å². The summed E-state index contributed by atoms with van der Waals surface area (Å²) in [6, 6.07) is 0. The highest BCUT2D eigenvalue weighted by molar-refractivity contribution is 5.79. The molecule has 0 saturated carbocycles. The number of ether oxygens (including phenoxy) is 1. The van der Waals surface area contributed by atoms with Gasteiger partial charge in [-0.25, -0.2) is 0 Å². The van der Waals surface area contributed by atoms with E-state index < -0.39 is 0 Å². The lowest BCUT2D eigenvalue weighted by atomic mass is 9.96. The molecule has 4 nitrogen and oxygen atoms in total. The number of rotatable bonds is 4. The molecule has 0 unspecified atom stereocenters. The van der Waals surface area contributed by atoms with E-state index in [0.29, 0.717) is 5.91 Å². The van der Waals surface area contributed by atoms with Gasteiger partial charge in [-0.1, -0.05) is 12.8 Å². The largest absolute Gasteiger partial charge is 0.383 e. The first-order chi connectivity index (χ1) is 9.31. The molecule has 110 valence electrons. The Morgan fingerprint density at radius 2 is 1.84 bits per heavy atom. The second-order valence-corrected chi connectivity index (χ2v) is 5.87. The van der Waals surface area contributed by atoms with Crippen molar-refractivity contribution in [2.24, 2.45) is 5.92 Å². The summed E-state index contributed by atoms with van der Waals surface area (Å²) in [5.74, 6) is 0.632. The van der Waals surface area contributed by atoms with Crippen LogP contribution in [0, 0.1) is 5.92 Å². The Balaban J connectivity index is 1.83. The van der Waals surface area contributed by atoms with E-state index in [1.165, 1.54) is 25.7 Å². The van der Waals surface area contributed by atoms with Gasteiger partial charge in [-0.3, -0.25) is 4.79 Å². The van der Waals surface area contributed by atoms with Gasteiger partial charge in [0.1, 0.15) is 0 Å². The molecule has 2 aliphatic rings. The molecule has 2 heterocycles. The molecule has 0 aromatic heterocycles. The number of carbonyl (C=O) groups is 1. The summed E-state index contributed by atoms with van der Waals surface area (Å²) >= 11 is 0. The summed E-state index contributed by atoms with van der Waals surface area (Å²) in [6.07, 6.45) is 7.16. The fourth-order valence-corrected chi connectivity index (χ4v) is 3.23. The van der Waals surface area contributed by atoms with Crippen LogP contribution in [0.5, 0.6) is 0 Å². The molecule has 2 saturated heterocycles. The number of piperidine rings is 1. The maximum Gasteiger partial charge on any atom is 0.226 e. The highest BCUT2D eigenvalue weighted by Crippen LogP contribution is 2.20. The van der Waals surface area contributed by atoms with Crippen molar-refractivity contribution in [1.29, 1.82) is 0 Å². The zero-order valence-electron chi connectivity index (χ0n) is 12.3. The number of carbonyl (C=O) groups excluding carboxylic acids is 1. The van der Waals surface area contributed by atoms with Gasteiger partial charge in [0, 0.05) is 33.3 Å². The molecule has 4 heteroatoms. The molecular weight excluding hydrogens is 240 g/mol. The number of amides is 1. The highest BCUT2D eigenvalue weighted by atomic mass is 16.5. The molecule has 19 heavy (non-hydrogen) atoms. The van der Waals surface area contributed by atoms with Crippen molar-refractivity contribution in [1.82, 2.24) is 9.80 Å². The van der Waals surface area contributed by atoms with Crippen LogP contribution in [-0.2, 0) is 9.53 Å². The Labute approximate surface area is 117 Å². The fraction of sp³-hybridized carbons (Fsp3) is 0.933. The summed E-state index contributed by atoms with van der Waals surface area (Å²) in [5, 5.41) is 0. The van der Waals surface area contributed by atoms with Crippen LogP contribution in [0.2, 0.25) is 0 Å². The smallest absolute Gasteiger partial charge is 0.226 e. The van der Waals surface area contributed by atoms with Crippen molar-refractivity contribution in [2.75, 3.05) is 46.4 Å². The second kappa shape index (κ2) is 7.85. The molecule has 1 amide bonds. The average Bonchev–Trinajstić information content (AvgIpc) is 2.73. The number of likely N-dealkylation sites (tertiary alicyclic amines) is 2. The minimum absolute atomic E-state index is 0.226. The third kappa shape index (κ3) is 4.46. The lowest BCUT2D eigenvalue weighted by Crippen LogP contribution is -2.45. The predicted molar refractivity (Wildman–Crippen MR) is 76.1 cm³/mol. The Bertz CT molecular complexity index is 275. The monoisotopic (exact) mass is 268 g/mol. The molecule has 2 aliphatic heterocycles. The van der Waals surface area contributed by atoms with Gasteiger partial charge in [-0.15, -0.1) is 0 Å². The van der Waals surface area contributed by atoms with Gasteiger partial charge >= 0.3 is 0 Å². The predicted octanol–water partition coefficient (Wildman–Crippen LogP) is 1.75. The van der Waals surface area contributed by atoms with Crippen LogP contribution < -0.4 is 0 Å². The molecule has 0 bridgehead atoms. The first-order valence-electron chi connectivity index (χ1n) is 7.81. The van der Waals surface area contributed by atoms with E-state index in [9.17, 15) is 4.79 Å². The van der Waals surface area contributed by atoms with Gasteiger partial charge in [0.05, 0.1) is 12.5 Å². The van der Waals surface area contributed by atoms with Crippen molar-refractivity contribution < 1.29 is 9.53 Å². The minimum Gasteiger partial charge on any atom is -0.383 e. The SMILES string of the molecule is COCCN1CCC[C@H](C(=O)N2CCCCCC2)C1. The third-order valence-corrected chi connectivity index (χ3v) is 4.38. The quantitative estimate of drug-likeness (QED) is 0.779. The lowest BCUT2D eigenvalue weighted by molar-refractivity contribution is -0.137. The van der Waals surface area contributed by atoms with Crippen LogP contribution in [-0.4, -0.2) is 62.1 Å². The number of hydrogen-bond acceptors (Lipinski definition) is 3. The third-order valence-electron chi connectivity index (χ3n) is 4.38. The Kier molecular flexibility index (Phi) is 6.11. The Hall–Kier alpha value is -0.610. The van der Waals surface area contributed by atoms with Crippen molar-refractivity contribution >= 4 is 5.91 Å². The number of nitrogens with zero attached hydrogens (tertiary/aromatic N) is 2. The molecular formula is C15H28N2O2. The molecule has 0 aromatic rings. The maximum atomic E-state index is 12.6. The van der Waals surface area contributed by atoms with E-state index in [4.69, 9.17) is 4.74 Å². The van der Waals surface area contributed by atoms with Crippen molar-refractivity contribution in [2.45, 2.75) is 38.5 Å². The molecule has 0 radical (unpaired) electrons. The molecule has 0 N–H and O–H groups in total. The normalized spacial score (nSPS) is 26.2. The van der Waals surface area contributed by atoms with Crippen LogP contribution in [0.25, 0.3) is 0 Å². The van der Waals surface area contributed by atoms with Crippen LogP contribution in [0.3, 0.4) is 0 Å². The molecule has 2 fully saturated rings. The molecule has 2 rings (SSSR count). The lowest BCUT2D eigenvalue weighted by Gasteiger charge is -2.34. The van der Waals surface area contributed by atoms with Crippen molar-refractivity contribution in [3.05, 3.63) is 0 Å². The Morgan fingerprint density at radius 3 is 2.53 bits per heavy atom. The minimum atomic E-state index is 0.226. The zero-order chi connectivity index (χ0) is 13.5. The molecule has 0 spiro atoms. The van der Waals surface area contributed by atoms with Gasteiger partial charge < -0.3 is 14.5 Å². The zero-order valence-corrected chi connectivity index (χ0v) is 12.3. The maximum absolute atomic E-state index is 12.6. The van der Waals surface area contributed by atoms with Crippen LogP contribution in [0.15, 0.2) is 0 Å². The van der Waals surface area contributed by atoms with Crippen molar-refractivity contribution in [3.8, 4) is 0 Å². The average molecular weight is 268 g/mol. The van der Waals surface area contributed by atoms with Crippen molar-refractivity contribution in [3.63, 3.8) is 0 Å². The van der Waals surface area contributed by atoms with E-state index in [1.54, 1.807) is 7.11 Å². The fourth-order valence-electron chi connectivity index (χ4n) is 3.23. The van der Waals surface area contributed by atoms with E-state index in [0.717, 1.165) is 52.2 Å². The molecule has 0 aromatic carbocycles. The van der Waals surface area contributed by atoms with E-state index in [-0.39, 0.29) is 5.92 Å². The number of methoxy groups -OCH3 is 1. The van der Waals surface area contributed by atoms with E-state index >= 15 is 0 Å². The standard InChI is InChI=1S/C15H28N2O2/c1-19-12-11-16-8-6-7-14(13-16)15(18)17-9-4-2-3-5-10-17/h14H,2-13H2,1H3/t14-/m0/s1. The van der Waals surface area contributed by atoms with Crippen LogP contribution >= 0.6 is 0 Å². The summed E-state index contributed by atoms with van der Waals surface area (Å²) in [4.78, 5) is 17.1. The summed E-state index contributed by atoms with van der Waals surface area (Å²) in [6.45, 7) is 5.73. The molecule has 1 atom stereocenters. The van der Waals surface area contributed by atoms with Crippen LogP contribution in [0.1, 0.15) is 38.5 Å². The topological polar surface area (TPSA) is 32.8 Å². The summed E-state index contributed by atoms with van der Waals surface area (Å²) < 4.78 is 5.14. The van der Waals surface area contributed by atoms with E-state index in [1.807, 2.05) is 0 Å². The van der Waals surface area contributed by atoms with Crippen LogP contribution in [0.4, 0.5) is 0 Å². The first-order valence-corrected chi connectivity index (χ1v) is 7.81. The van der Waals surface area contributed by atoms with Gasteiger partial charge in [0.2, 0.25) is 5.91 Å². The summed E-state index contributed by atoms with van der Waals surface area (Å²) in [5.41, 5.74) is 0. The first kappa shape index (κ1) is 14.8. The van der Waals surface area contributed by atoms with E-state index in [2.05, 4.69) is 9.80 Å². The second-order valence-electron chi connectivity index (χ2n) is 5.87. The summed E-state index contributed by atoms with van der Waals surface area (Å²) in [7, 11) is 1.74. The van der Waals surface area contributed by atoms with Gasteiger partial charge in [-0.05, 0) is 32.2 Å².